The SMILES string of the molecule is CCOC(=O)C[C@H](c1ccc(F)cc1)C1CCN(C(=O)c2cccc(N3CCCC3=O)c2)CC1. The standard InChI is InChI=1S/C27H31FN2O4/c1-2-34-26(32)18-24(19-8-10-22(28)11-9-19)20-12-15-29(16-13-20)27(33)21-5-3-6-23(17-21)30-14-4-7-25(30)31/h3,5-6,8-11,17,20,24H,2,4,7,12-16,18H2,1H3/t24-/m1/s1. The largest absolute Gasteiger partial charge is 0.466 e. The average Bonchev–Trinajstić information content (AvgIpc) is 3.29. The minimum absolute atomic E-state index is 0.0457. The van der Waals surface area contributed by atoms with Crippen molar-refractivity contribution in [1.29, 1.82) is 0 Å². The van der Waals surface area contributed by atoms with Crippen LogP contribution in [0.25, 0.3) is 0 Å². The topological polar surface area (TPSA) is 66.9 Å². The zero-order valence-corrected chi connectivity index (χ0v) is 19.5. The lowest BCUT2D eigenvalue weighted by molar-refractivity contribution is -0.144. The zero-order valence-electron chi connectivity index (χ0n) is 19.5. The number of anilines is 1. The van der Waals surface area contributed by atoms with Gasteiger partial charge in [-0.3, -0.25) is 14.4 Å². The molecule has 2 saturated heterocycles. The minimum Gasteiger partial charge on any atom is -0.466 e. The van der Waals surface area contributed by atoms with E-state index < -0.39 is 0 Å². The number of benzene rings is 2. The Labute approximate surface area is 199 Å². The molecule has 0 aliphatic carbocycles. The van der Waals surface area contributed by atoms with Crippen molar-refractivity contribution >= 4 is 23.5 Å². The van der Waals surface area contributed by atoms with E-state index in [0.29, 0.717) is 38.2 Å². The Balaban J connectivity index is 1.43. The molecule has 0 saturated carbocycles. The Kier molecular flexibility index (Phi) is 7.60. The number of esters is 1. The van der Waals surface area contributed by atoms with Crippen molar-refractivity contribution in [3.8, 4) is 0 Å². The van der Waals surface area contributed by atoms with Crippen molar-refractivity contribution < 1.29 is 23.5 Å². The van der Waals surface area contributed by atoms with E-state index in [1.54, 1.807) is 36.1 Å². The third-order valence-corrected chi connectivity index (χ3v) is 6.86. The van der Waals surface area contributed by atoms with Crippen LogP contribution in [0.15, 0.2) is 48.5 Å². The van der Waals surface area contributed by atoms with E-state index >= 15 is 0 Å². The maximum atomic E-state index is 13.5. The molecule has 0 spiro atoms. The lowest BCUT2D eigenvalue weighted by Gasteiger charge is -2.36. The van der Waals surface area contributed by atoms with Crippen molar-refractivity contribution in [2.45, 2.75) is 44.9 Å². The van der Waals surface area contributed by atoms with Gasteiger partial charge in [0.05, 0.1) is 13.0 Å². The summed E-state index contributed by atoms with van der Waals surface area (Å²) >= 11 is 0. The maximum Gasteiger partial charge on any atom is 0.306 e. The van der Waals surface area contributed by atoms with Crippen LogP contribution in [0.1, 0.15) is 60.9 Å². The molecule has 2 aromatic carbocycles. The van der Waals surface area contributed by atoms with Crippen molar-refractivity contribution in [2.75, 3.05) is 31.1 Å². The van der Waals surface area contributed by atoms with Crippen molar-refractivity contribution in [2.24, 2.45) is 5.92 Å². The Bertz CT molecular complexity index is 1030. The minimum atomic E-state index is -0.308. The van der Waals surface area contributed by atoms with Gasteiger partial charge in [-0.25, -0.2) is 4.39 Å². The molecule has 1 atom stereocenters. The summed E-state index contributed by atoms with van der Waals surface area (Å²) in [5.74, 6) is -0.413. The number of hydrogen-bond donors (Lipinski definition) is 0. The molecule has 6 nitrogen and oxygen atoms in total. The number of carbonyl (C=O) groups excluding carboxylic acids is 3. The highest BCUT2D eigenvalue weighted by Gasteiger charge is 2.32. The third-order valence-electron chi connectivity index (χ3n) is 6.86. The summed E-state index contributed by atoms with van der Waals surface area (Å²) in [5, 5.41) is 0. The van der Waals surface area contributed by atoms with Gasteiger partial charge >= 0.3 is 5.97 Å². The summed E-state index contributed by atoms with van der Waals surface area (Å²) in [7, 11) is 0. The highest BCUT2D eigenvalue weighted by molar-refractivity contribution is 5.99. The number of halogens is 1. The molecule has 0 aromatic heterocycles. The van der Waals surface area contributed by atoms with Crippen LogP contribution >= 0.6 is 0 Å². The van der Waals surface area contributed by atoms with Gasteiger partial charge < -0.3 is 14.5 Å². The van der Waals surface area contributed by atoms with Gasteiger partial charge in [0.15, 0.2) is 0 Å². The van der Waals surface area contributed by atoms with Crippen LogP contribution in [-0.2, 0) is 14.3 Å². The summed E-state index contributed by atoms with van der Waals surface area (Å²) in [6, 6.07) is 13.6. The fourth-order valence-corrected chi connectivity index (χ4v) is 5.08. The first-order chi connectivity index (χ1) is 16.5. The molecular formula is C27H31FN2O4. The lowest BCUT2D eigenvalue weighted by atomic mass is 9.78. The third kappa shape index (κ3) is 5.46. The number of rotatable bonds is 7. The second kappa shape index (κ2) is 10.8. The molecule has 0 N–H and O–H groups in total. The average molecular weight is 467 g/mol. The molecule has 2 aliphatic rings. The molecule has 0 bridgehead atoms. The predicted molar refractivity (Wildman–Crippen MR) is 127 cm³/mol. The van der Waals surface area contributed by atoms with Crippen molar-refractivity contribution in [3.05, 3.63) is 65.5 Å². The number of ether oxygens (including phenoxy) is 1. The van der Waals surface area contributed by atoms with Gasteiger partial charge in [-0.1, -0.05) is 18.2 Å². The smallest absolute Gasteiger partial charge is 0.306 e. The molecule has 0 radical (unpaired) electrons. The lowest BCUT2D eigenvalue weighted by Crippen LogP contribution is -2.40. The van der Waals surface area contributed by atoms with E-state index in [4.69, 9.17) is 4.74 Å². The van der Waals surface area contributed by atoms with Crippen LogP contribution in [0.4, 0.5) is 10.1 Å². The molecule has 2 aromatic rings. The fraction of sp³-hybridized carbons (Fsp3) is 0.444. The second-order valence-electron chi connectivity index (χ2n) is 9.00. The number of nitrogens with zero attached hydrogens (tertiary/aromatic N) is 2. The van der Waals surface area contributed by atoms with Gasteiger partial charge in [0, 0.05) is 37.3 Å². The Morgan fingerprint density at radius 3 is 2.47 bits per heavy atom. The van der Waals surface area contributed by atoms with Gasteiger partial charge in [0.1, 0.15) is 5.82 Å². The normalized spacial score (nSPS) is 17.6. The van der Waals surface area contributed by atoms with Crippen molar-refractivity contribution in [3.63, 3.8) is 0 Å². The highest BCUT2D eigenvalue weighted by Crippen LogP contribution is 2.36. The van der Waals surface area contributed by atoms with Crippen molar-refractivity contribution in [1.82, 2.24) is 4.90 Å². The summed E-state index contributed by atoms with van der Waals surface area (Å²) in [6.07, 6.45) is 3.12. The van der Waals surface area contributed by atoms with Gasteiger partial charge in [-0.05, 0) is 73.9 Å². The van der Waals surface area contributed by atoms with Gasteiger partial charge in [0.2, 0.25) is 5.91 Å². The maximum absolute atomic E-state index is 13.5. The Morgan fingerprint density at radius 1 is 1.09 bits per heavy atom. The van der Waals surface area contributed by atoms with Gasteiger partial charge in [0.25, 0.3) is 5.91 Å². The van der Waals surface area contributed by atoms with Gasteiger partial charge in [-0.2, -0.15) is 0 Å². The van der Waals surface area contributed by atoms with E-state index in [9.17, 15) is 18.8 Å². The molecule has 34 heavy (non-hydrogen) atoms. The number of likely N-dealkylation sites (tertiary alicyclic amines) is 1. The van der Waals surface area contributed by atoms with Crippen LogP contribution in [-0.4, -0.2) is 48.9 Å². The summed E-state index contributed by atoms with van der Waals surface area (Å²) < 4.78 is 18.6. The number of amides is 2. The van der Waals surface area contributed by atoms with Crippen LogP contribution in [0.5, 0.6) is 0 Å². The fourth-order valence-electron chi connectivity index (χ4n) is 5.08. The van der Waals surface area contributed by atoms with E-state index in [1.807, 2.05) is 17.0 Å². The number of piperidine rings is 1. The molecular weight excluding hydrogens is 435 g/mol. The highest BCUT2D eigenvalue weighted by atomic mass is 19.1. The Hall–Kier alpha value is -3.22. The second-order valence-corrected chi connectivity index (χ2v) is 9.00. The van der Waals surface area contributed by atoms with E-state index in [2.05, 4.69) is 0 Å². The van der Waals surface area contributed by atoms with Crippen LogP contribution < -0.4 is 4.90 Å². The summed E-state index contributed by atoms with van der Waals surface area (Å²) in [4.78, 5) is 41.1. The quantitative estimate of drug-likeness (QED) is 0.562. The molecule has 7 heteroatoms. The molecule has 4 rings (SSSR count). The first kappa shape index (κ1) is 23.9. The van der Waals surface area contributed by atoms with E-state index in [1.165, 1.54) is 12.1 Å². The predicted octanol–water partition coefficient (Wildman–Crippen LogP) is 4.54. The summed E-state index contributed by atoms with van der Waals surface area (Å²) in [5.41, 5.74) is 2.27. The van der Waals surface area contributed by atoms with Gasteiger partial charge in [-0.15, -0.1) is 0 Å². The summed E-state index contributed by atoms with van der Waals surface area (Å²) in [6.45, 7) is 3.95. The first-order valence-electron chi connectivity index (χ1n) is 12.1. The molecule has 2 aliphatic heterocycles. The monoisotopic (exact) mass is 466 g/mol. The number of hydrogen-bond acceptors (Lipinski definition) is 4. The molecule has 2 fully saturated rings. The van der Waals surface area contributed by atoms with Crippen LogP contribution in [0, 0.1) is 11.7 Å². The van der Waals surface area contributed by atoms with E-state index in [0.717, 1.165) is 30.5 Å². The molecule has 2 amide bonds. The molecule has 0 unspecified atom stereocenters. The first-order valence-corrected chi connectivity index (χ1v) is 12.1. The Morgan fingerprint density at radius 2 is 1.82 bits per heavy atom. The molecule has 2 heterocycles. The van der Waals surface area contributed by atoms with E-state index in [-0.39, 0.29) is 41.9 Å². The number of carbonyl (C=O) groups is 3. The zero-order chi connectivity index (χ0) is 24.1. The van der Waals surface area contributed by atoms with Crippen LogP contribution in [0.3, 0.4) is 0 Å². The molecule has 180 valence electrons. The van der Waals surface area contributed by atoms with Crippen LogP contribution in [0.2, 0.25) is 0 Å².